The lowest BCUT2D eigenvalue weighted by atomic mass is 9.89. The summed E-state index contributed by atoms with van der Waals surface area (Å²) in [5, 5.41) is 7.32. The van der Waals surface area contributed by atoms with Crippen molar-refractivity contribution in [3.8, 4) is 5.75 Å². The fraction of sp³-hybridized carbons (Fsp3) is 0.375. The number of carbonyl (C=O) groups excluding carboxylic acids is 1. The van der Waals surface area contributed by atoms with E-state index in [0.29, 0.717) is 22.6 Å². The van der Waals surface area contributed by atoms with E-state index in [0.717, 1.165) is 30.5 Å². The number of anilines is 1. The van der Waals surface area contributed by atoms with Gasteiger partial charge in [0.25, 0.3) is 5.91 Å². The van der Waals surface area contributed by atoms with Gasteiger partial charge < -0.3 is 9.26 Å². The number of ether oxygens (including phenoxy) is 1. The van der Waals surface area contributed by atoms with Crippen LogP contribution in [0.5, 0.6) is 5.75 Å². The van der Waals surface area contributed by atoms with Crippen molar-refractivity contribution in [3.05, 3.63) is 40.5 Å². The van der Waals surface area contributed by atoms with E-state index in [1.165, 1.54) is 0 Å². The van der Waals surface area contributed by atoms with E-state index in [-0.39, 0.29) is 12.5 Å². The Morgan fingerprint density at radius 1 is 1.55 bits per heavy atom. The van der Waals surface area contributed by atoms with E-state index in [1.54, 1.807) is 24.3 Å². The molecule has 1 N–H and O–H groups in total. The summed E-state index contributed by atoms with van der Waals surface area (Å²) in [6, 6.07) is 6.92. The van der Waals surface area contributed by atoms with Crippen molar-refractivity contribution in [2.45, 2.75) is 26.2 Å². The second-order valence-electron chi connectivity index (χ2n) is 5.58. The molecule has 0 spiro atoms. The lowest BCUT2D eigenvalue weighted by Gasteiger charge is -2.16. The standard InChI is InChI=1S/C16H17ClN2O3/c1-10-5-6-14-13(7-10)16(22-19-14)18-15(20)9-21-12-4-2-3-11(17)8-12/h2-4,8,10H,5-7,9H2,1H3,(H,18,20). The number of nitrogens with one attached hydrogen (secondary N) is 1. The highest BCUT2D eigenvalue weighted by Crippen LogP contribution is 2.30. The van der Waals surface area contributed by atoms with Gasteiger partial charge in [0.1, 0.15) is 5.75 Å². The Morgan fingerprint density at radius 3 is 3.23 bits per heavy atom. The third kappa shape index (κ3) is 3.42. The molecule has 1 aliphatic carbocycles. The van der Waals surface area contributed by atoms with Gasteiger partial charge in [0.05, 0.1) is 5.69 Å². The Hall–Kier alpha value is -2.01. The topological polar surface area (TPSA) is 64.4 Å². The first-order valence-electron chi connectivity index (χ1n) is 7.27. The zero-order valence-corrected chi connectivity index (χ0v) is 13.0. The fourth-order valence-corrected chi connectivity index (χ4v) is 2.73. The summed E-state index contributed by atoms with van der Waals surface area (Å²) in [6.07, 6.45) is 2.88. The van der Waals surface area contributed by atoms with Crippen LogP contribution in [-0.4, -0.2) is 17.7 Å². The van der Waals surface area contributed by atoms with Gasteiger partial charge in [-0.3, -0.25) is 10.1 Å². The minimum absolute atomic E-state index is 0.106. The fourth-order valence-electron chi connectivity index (χ4n) is 2.55. The molecule has 0 aliphatic heterocycles. The quantitative estimate of drug-likeness (QED) is 0.936. The highest BCUT2D eigenvalue weighted by atomic mass is 35.5. The van der Waals surface area contributed by atoms with E-state index in [9.17, 15) is 4.79 Å². The molecule has 3 rings (SSSR count). The van der Waals surface area contributed by atoms with Gasteiger partial charge in [0.2, 0.25) is 5.88 Å². The van der Waals surface area contributed by atoms with Crippen molar-refractivity contribution < 1.29 is 14.1 Å². The van der Waals surface area contributed by atoms with Crippen molar-refractivity contribution in [1.82, 2.24) is 5.16 Å². The number of hydrogen-bond donors (Lipinski definition) is 1. The molecule has 0 saturated heterocycles. The van der Waals surface area contributed by atoms with Gasteiger partial charge in [-0.1, -0.05) is 29.7 Å². The molecule has 2 aromatic rings. The summed E-state index contributed by atoms with van der Waals surface area (Å²) >= 11 is 5.86. The van der Waals surface area contributed by atoms with Gasteiger partial charge >= 0.3 is 0 Å². The zero-order valence-electron chi connectivity index (χ0n) is 12.3. The molecule has 1 unspecified atom stereocenters. The van der Waals surface area contributed by atoms with Crippen LogP contribution in [0.3, 0.4) is 0 Å². The maximum atomic E-state index is 12.0. The number of hydrogen-bond acceptors (Lipinski definition) is 4. The zero-order chi connectivity index (χ0) is 15.5. The molecule has 5 nitrogen and oxygen atoms in total. The van der Waals surface area contributed by atoms with E-state index in [2.05, 4.69) is 17.4 Å². The van der Waals surface area contributed by atoms with Crippen LogP contribution in [0.1, 0.15) is 24.6 Å². The SMILES string of the molecule is CC1CCc2noc(NC(=O)COc3cccc(Cl)c3)c2C1. The Balaban J connectivity index is 1.59. The molecule has 1 amide bonds. The summed E-state index contributed by atoms with van der Waals surface area (Å²) in [6.45, 7) is 2.08. The maximum Gasteiger partial charge on any atom is 0.264 e. The number of fused-ring (bicyclic) bond motifs is 1. The Morgan fingerprint density at radius 2 is 2.41 bits per heavy atom. The number of aromatic nitrogens is 1. The largest absolute Gasteiger partial charge is 0.484 e. The molecule has 1 aliphatic rings. The van der Waals surface area contributed by atoms with Crippen molar-refractivity contribution in [3.63, 3.8) is 0 Å². The molecule has 1 aromatic heterocycles. The number of nitrogens with zero attached hydrogens (tertiary/aromatic N) is 1. The van der Waals surface area contributed by atoms with Gasteiger partial charge in [0, 0.05) is 10.6 Å². The Labute approximate surface area is 133 Å². The first-order valence-corrected chi connectivity index (χ1v) is 7.65. The summed E-state index contributed by atoms with van der Waals surface area (Å²) in [5.74, 6) is 1.29. The third-order valence-electron chi connectivity index (χ3n) is 3.72. The third-order valence-corrected chi connectivity index (χ3v) is 3.95. The average Bonchev–Trinajstić information content (AvgIpc) is 2.88. The van der Waals surface area contributed by atoms with Crippen molar-refractivity contribution in [2.24, 2.45) is 5.92 Å². The monoisotopic (exact) mass is 320 g/mol. The lowest BCUT2D eigenvalue weighted by molar-refractivity contribution is -0.118. The van der Waals surface area contributed by atoms with Crippen LogP contribution in [0.15, 0.2) is 28.8 Å². The summed E-state index contributed by atoms with van der Waals surface area (Å²) in [5.41, 5.74) is 1.96. The van der Waals surface area contributed by atoms with Crippen LogP contribution in [-0.2, 0) is 17.6 Å². The molecule has 0 saturated carbocycles. The van der Waals surface area contributed by atoms with Gasteiger partial charge in [-0.2, -0.15) is 0 Å². The van der Waals surface area contributed by atoms with E-state index in [1.807, 2.05) is 0 Å². The Kier molecular flexibility index (Phi) is 4.34. The second kappa shape index (κ2) is 6.40. The maximum absolute atomic E-state index is 12.0. The van der Waals surface area contributed by atoms with E-state index >= 15 is 0 Å². The molecule has 22 heavy (non-hydrogen) atoms. The number of aryl methyl sites for hydroxylation is 1. The number of halogens is 1. The van der Waals surface area contributed by atoms with Crippen LogP contribution in [0.25, 0.3) is 0 Å². The normalized spacial score (nSPS) is 16.9. The molecule has 0 radical (unpaired) electrons. The molecule has 1 heterocycles. The Bertz CT molecular complexity index is 684. The van der Waals surface area contributed by atoms with Crippen LogP contribution in [0.2, 0.25) is 5.02 Å². The molecule has 1 atom stereocenters. The van der Waals surface area contributed by atoms with Gasteiger partial charge in [-0.15, -0.1) is 0 Å². The number of benzene rings is 1. The summed E-state index contributed by atoms with van der Waals surface area (Å²) < 4.78 is 10.7. The van der Waals surface area contributed by atoms with Crippen molar-refractivity contribution in [2.75, 3.05) is 11.9 Å². The molecule has 6 heteroatoms. The molecule has 0 bridgehead atoms. The van der Waals surface area contributed by atoms with E-state index in [4.69, 9.17) is 20.9 Å². The van der Waals surface area contributed by atoms with Gasteiger partial charge in [-0.25, -0.2) is 0 Å². The number of carbonyl (C=O) groups is 1. The van der Waals surface area contributed by atoms with E-state index < -0.39 is 0 Å². The van der Waals surface area contributed by atoms with Crippen molar-refractivity contribution >= 4 is 23.4 Å². The minimum atomic E-state index is -0.280. The predicted molar refractivity (Wildman–Crippen MR) is 83.3 cm³/mol. The second-order valence-corrected chi connectivity index (χ2v) is 6.02. The average molecular weight is 321 g/mol. The van der Waals surface area contributed by atoms with Crippen LogP contribution >= 0.6 is 11.6 Å². The smallest absolute Gasteiger partial charge is 0.264 e. The van der Waals surface area contributed by atoms with Crippen LogP contribution in [0.4, 0.5) is 5.88 Å². The molecule has 0 fully saturated rings. The van der Waals surface area contributed by atoms with Gasteiger partial charge in [-0.05, 0) is 43.4 Å². The number of amides is 1. The highest BCUT2D eigenvalue weighted by Gasteiger charge is 2.24. The molecular formula is C16H17ClN2O3. The lowest BCUT2D eigenvalue weighted by Crippen LogP contribution is -2.21. The molecule has 1 aromatic carbocycles. The first kappa shape index (κ1) is 14.9. The van der Waals surface area contributed by atoms with Crippen LogP contribution in [0, 0.1) is 5.92 Å². The molecular weight excluding hydrogens is 304 g/mol. The number of rotatable bonds is 4. The van der Waals surface area contributed by atoms with Crippen molar-refractivity contribution in [1.29, 1.82) is 0 Å². The summed E-state index contributed by atoms with van der Waals surface area (Å²) in [4.78, 5) is 12.0. The summed E-state index contributed by atoms with van der Waals surface area (Å²) in [7, 11) is 0. The molecule has 116 valence electrons. The van der Waals surface area contributed by atoms with Crippen LogP contribution < -0.4 is 10.1 Å². The highest BCUT2D eigenvalue weighted by molar-refractivity contribution is 6.30. The minimum Gasteiger partial charge on any atom is -0.484 e. The van der Waals surface area contributed by atoms with Gasteiger partial charge in [0.15, 0.2) is 6.61 Å². The predicted octanol–water partition coefficient (Wildman–Crippen LogP) is 3.47. The first-order chi connectivity index (χ1) is 10.6.